The molecule has 7 heteroatoms. The highest BCUT2D eigenvalue weighted by molar-refractivity contribution is 5.27. The number of ether oxygens (including phenoxy) is 1. The minimum atomic E-state index is -4.45. The molecule has 114 valence electrons. The lowest BCUT2D eigenvalue weighted by atomic mass is 9.79. The summed E-state index contributed by atoms with van der Waals surface area (Å²) < 4.78 is 54.0. The third-order valence-corrected chi connectivity index (χ3v) is 3.04. The van der Waals surface area contributed by atoms with E-state index in [9.17, 15) is 27.8 Å². The molecule has 0 saturated carbocycles. The van der Waals surface area contributed by atoms with Crippen LogP contribution in [-0.2, 0) is 10.2 Å². The molecule has 0 spiro atoms. The molecule has 2 N–H and O–H groups in total. The maximum Gasteiger partial charge on any atom is 0.411 e. The van der Waals surface area contributed by atoms with Crippen LogP contribution < -0.4 is 0 Å². The third-order valence-electron chi connectivity index (χ3n) is 3.04. The summed E-state index contributed by atoms with van der Waals surface area (Å²) >= 11 is 0. The number of benzene rings is 1. The zero-order chi connectivity index (χ0) is 15.2. The quantitative estimate of drug-likeness (QED) is 0.598. The number of hydrogen-bond donors (Lipinski definition) is 2. The first-order chi connectivity index (χ1) is 9.34. The molecule has 0 unspecified atom stereocenters. The number of hydrogen-bond acceptors (Lipinski definition) is 3. The molecule has 0 atom stereocenters. The summed E-state index contributed by atoms with van der Waals surface area (Å²) in [7, 11) is 0. The highest BCUT2D eigenvalue weighted by Crippen LogP contribution is 2.29. The SMILES string of the molecule is OCC(CO)(CCOCC(F)(F)F)c1ccccc1F. The number of aliphatic hydroxyl groups excluding tert-OH is 2. The van der Waals surface area contributed by atoms with E-state index >= 15 is 0 Å². The third kappa shape index (κ3) is 4.43. The van der Waals surface area contributed by atoms with Gasteiger partial charge in [-0.3, -0.25) is 0 Å². The van der Waals surface area contributed by atoms with E-state index in [4.69, 9.17) is 0 Å². The van der Waals surface area contributed by atoms with E-state index in [-0.39, 0.29) is 18.6 Å². The van der Waals surface area contributed by atoms with Crippen LogP contribution >= 0.6 is 0 Å². The Bertz CT molecular complexity index is 416. The number of aliphatic hydroxyl groups is 2. The predicted octanol–water partition coefficient (Wildman–Crippen LogP) is 2.02. The molecule has 0 aliphatic heterocycles. The van der Waals surface area contributed by atoms with Gasteiger partial charge in [-0.15, -0.1) is 0 Å². The van der Waals surface area contributed by atoms with E-state index in [0.29, 0.717) is 0 Å². The average molecular weight is 296 g/mol. The smallest absolute Gasteiger partial charge is 0.395 e. The lowest BCUT2D eigenvalue weighted by Gasteiger charge is -2.30. The van der Waals surface area contributed by atoms with Crippen molar-refractivity contribution in [2.24, 2.45) is 0 Å². The van der Waals surface area contributed by atoms with Gasteiger partial charge in [-0.25, -0.2) is 4.39 Å². The van der Waals surface area contributed by atoms with Crippen LogP contribution in [0, 0.1) is 5.82 Å². The summed E-state index contributed by atoms with van der Waals surface area (Å²) in [5.74, 6) is -0.633. The van der Waals surface area contributed by atoms with E-state index in [1.165, 1.54) is 18.2 Å². The Kier molecular flexibility index (Phi) is 5.91. The maximum atomic E-state index is 13.7. The Labute approximate surface area is 113 Å². The van der Waals surface area contributed by atoms with Gasteiger partial charge < -0.3 is 14.9 Å². The van der Waals surface area contributed by atoms with Crippen LogP contribution in [-0.4, -0.2) is 42.8 Å². The molecule has 0 saturated heterocycles. The minimum absolute atomic E-state index is 0.0561. The van der Waals surface area contributed by atoms with Crippen LogP contribution in [0.1, 0.15) is 12.0 Å². The van der Waals surface area contributed by atoms with Gasteiger partial charge in [-0.1, -0.05) is 18.2 Å². The lowest BCUT2D eigenvalue weighted by Crippen LogP contribution is -2.37. The molecular formula is C13H16F4O3. The molecule has 0 fully saturated rings. The monoisotopic (exact) mass is 296 g/mol. The van der Waals surface area contributed by atoms with Gasteiger partial charge in [0, 0.05) is 12.0 Å². The van der Waals surface area contributed by atoms with Crippen LogP contribution in [0.15, 0.2) is 24.3 Å². The van der Waals surface area contributed by atoms with Crippen LogP contribution in [0.25, 0.3) is 0 Å². The van der Waals surface area contributed by atoms with Crippen molar-refractivity contribution in [2.45, 2.75) is 18.0 Å². The standard InChI is InChI=1S/C13H16F4O3/c14-11-4-2-1-3-10(11)12(7-18,8-19)5-6-20-9-13(15,16)17/h1-4,18-19H,5-9H2. The largest absolute Gasteiger partial charge is 0.411 e. The van der Waals surface area contributed by atoms with Crippen LogP contribution in [0.3, 0.4) is 0 Å². The zero-order valence-electron chi connectivity index (χ0n) is 10.7. The molecule has 0 aromatic heterocycles. The van der Waals surface area contributed by atoms with Crippen molar-refractivity contribution in [3.63, 3.8) is 0 Å². The van der Waals surface area contributed by atoms with Gasteiger partial charge in [0.15, 0.2) is 0 Å². The number of halogens is 4. The van der Waals surface area contributed by atoms with Crippen molar-refractivity contribution < 1.29 is 32.5 Å². The van der Waals surface area contributed by atoms with Crippen molar-refractivity contribution >= 4 is 0 Å². The summed E-state index contributed by atoms with van der Waals surface area (Å²) in [6.45, 7) is -2.97. The van der Waals surface area contributed by atoms with E-state index in [2.05, 4.69) is 4.74 Å². The highest BCUT2D eigenvalue weighted by atomic mass is 19.4. The lowest BCUT2D eigenvalue weighted by molar-refractivity contribution is -0.175. The number of rotatable bonds is 7. The second-order valence-corrected chi connectivity index (χ2v) is 4.49. The Morgan fingerprint density at radius 3 is 2.15 bits per heavy atom. The van der Waals surface area contributed by atoms with Gasteiger partial charge in [0.1, 0.15) is 12.4 Å². The fraction of sp³-hybridized carbons (Fsp3) is 0.538. The van der Waals surface area contributed by atoms with Gasteiger partial charge in [-0.05, 0) is 18.1 Å². The highest BCUT2D eigenvalue weighted by Gasteiger charge is 2.34. The van der Waals surface area contributed by atoms with Crippen LogP contribution in [0.5, 0.6) is 0 Å². The molecule has 1 aromatic carbocycles. The minimum Gasteiger partial charge on any atom is -0.395 e. The summed E-state index contributed by atoms with van der Waals surface area (Å²) in [5, 5.41) is 18.8. The Morgan fingerprint density at radius 1 is 1.05 bits per heavy atom. The van der Waals surface area contributed by atoms with Crippen LogP contribution in [0.4, 0.5) is 17.6 Å². The van der Waals surface area contributed by atoms with Crippen molar-refractivity contribution in [1.29, 1.82) is 0 Å². The first kappa shape index (κ1) is 16.9. The van der Waals surface area contributed by atoms with E-state index in [0.717, 1.165) is 6.07 Å². The average Bonchev–Trinajstić information content (AvgIpc) is 2.40. The van der Waals surface area contributed by atoms with Crippen molar-refractivity contribution in [3.8, 4) is 0 Å². The predicted molar refractivity (Wildman–Crippen MR) is 63.7 cm³/mol. The first-order valence-corrected chi connectivity index (χ1v) is 5.96. The molecule has 0 aliphatic rings. The van der Waals surface area contributed by atoms with Gasteiger partial charge in [0.2, 0.25) is 0 Å². The van der Waals surface area contributed by atoms with Crippen molar-refractivity contribution in [2.75, 3.05) is 26.4 Å². The molecule has 0 bridgehead atoms. The Balaban J connectivity index is 2.75. The normalized spacial score (nSPS) is 12.7. The Hall–Kier alpha value is -1.18. The van der Waals surface area contributed by atoms with E-state index < -0.39 is 37.2 Å². The van der Waals surface area contributed by atoms with Crippen LogP contribution in [0.2, 0.25) is 0 Å². The summed E-state index contributed by atoms with van der Waals surface area (Å²) in [6, 6.07) is 5.51. The molecule has 0 aliphatic carbocycles. The summed E-state index contributed by atoms with van der Waals surface area (Å²) in [5.41, 5.74) is -1.31. The molecule has 20 heavy (non-hydrogen) atoms. The molecular weight excluding hydrogens is 280 g/mol. The molecule has 3 nitrogen and oxygen atoms in total. The number of alkyl halides is 3. The fourth-order valence-corrected chi connectivity index (χ4v) is 1.86. The zero-order valence-corrected chi connectivity index (χ0v) is 10.7. The van der Waals surface area contributed by atoms with Crippen molar-refractivity contribution in [1.82, 2.24) is 0 Å². The topological polar surface area (TPSA) is 49.7 Å². The molecule has 0 radical (unpaired) electrons. The molecule has 1 aromatic rings. The second-order valence-electron chi connectivity index (χ2n) is 4.49. The Morgan fingerprint density at radius 2 is 1.65 bits per heavy atom. The second kappa shape index (κ2) is 7.01. The summed E-state index contributed by atoms with van der Waals surface area (Å²) in [6.07, 6.45) is -4.57. The van der Waals surface area contributed by atoms with E-state index in [1.54, 1.807) is 0 Å². The van der Waals surface area contributed by atoms with Gasteiger partial charge >= 0.3 is 6.18 Å². The molecule has 0 heterocycles. The van der Waals surface area contributed by atoms with Crippen molar-refractivity contribution in [3.05, 3.63) is 35.6 Å². The molecule has 0 amide bonds. The molecule has 1 rings (SSSR count). The van der Waals surface area contributed by atoms with E-state index in [1.807, 2.05) is 0 Å². The fourth-order valence-electron chi connectivity index (χ4n) is 1.86. The van der Waals surface area contributed by atoms with Gasteiger partial charge in [0.05, 0.1) is 13.2 Å². The maximum absolute atomic E-state index is 13.7. The van der Waals surface area contributed by atoms with Gasteiger partial charge in [0.25, 0.3) is 0 Å². The van der Waals surface area contributed by atoms with Gasteiger partial charge in [-0.2, -0.15) is 13.2 Å². The summed E-state index contributed by atoms with van der Waals surface area (Å²) in [4.78, 5) is 0. The first-order valence-electron chi connectivity index (χ1n) is 5.96.